The molecule has 0 unspecified atom stereocenters. The molecule has 9 heteroatoms. The third kappa shape index (κ3) is 3.86. The number of amides is 1. The highest BCUT2D eigenvalue weighted by Crippen LogP contribution is 2.32. The van der Waals surface area contributed by atoms with Crippen molar-refractivity contribution in [1.29, 1.82) is 0 Å². The minimum absolute atomic E-state index is 0.177. The van der Waals surface area contributed by atoms with E-state index >= 15 is 0 Å². The van der Waals surface area contributed by atoms with Gasteiger partial charge in [0.05, 0.1) is 29.1 Å². The van der Waals surface area contributed by atoms with Crippen LogP contribution in [0.15, 0.2) is 55.0 Å². The number of nitrogens with zero attached hydrogens (tertiary/aromatic N) is 4. The third-order valence-corrected chi connectivity index (χ3v) is 5.74. The number of carbonyl (C=O) groups is 1. The second-order valence-corrected chi connectivity index (χ2v) is 8.17. The molecule has 2 aromatic carbocycles. The lowest BCUT2D eigenvalue weighted by Crippen LogP contribution is -2.32. The molecule has 32 heavy (non-hydrogen) atoms. The van der Waals surface area contributed by atoms with Gasteiger partial charge in [-0.15, -0.1) is 0 Å². The van der Waals surface area contributed by atoms with Crippen LogP contribution in [-0.2, 0) is 12.7 Å². The lowest BCUT2D eigenvalue weighted by atomic mass is 10.1. The number of fused-ring (bicyclic) bond motifs is 3. The van der Waals surface area contributed by atoms with Crippen LogP contribution >= 0.6 is 0 Å². The molecule has 0 spiro atoms. The van der Waals surface area contributed by atoms with Crippen molar-refractivity contribution in [2.75, 3.05) is 12.3 Å². The number of nitrogens with two attached hydrogens (primary N) is 1. The fourth-order valence-electron chi connectivity index (χ4n) is 3.84. The van der Waals surface area contributed by atoms with Crippen LogP contribution in [0.1, 0.15) is 34.3 Å². The van der Waals surface area contributed by atoms with Crippen LogP contribution < -0.4 is 5.73 Å². The number of hydrogen-bond donors (Lipinski definition) is 1. The summed E-state index contributed by atoms with van der Waals surface area (Å²) in [4.78, 5) is 23.6. The Morgan fingerprint density at radius 3 is 2.56 bits per heavy atom. The van der Waals surface area contributed by atoms with Gasteiger partial charge in [-0.05, 0) is 54.7 Å². The Morgan fingerprint density at radius 2 is 1.88 bits per heavy atom. The van der Waals surface area contributed by atoms with Crippen molar-refractivity contribution < 1.29 is 18.0 Å². The molecule has 1 aliphatic carbocycles. The minimum Gasteiger partial charge on any atom is -0.382 e. The largest absolute Gasteiger partial charge is 0.416 e. The molecular weight excluding hydrogens is 419 g/mol. The normalized spacial score (nSPS) is 14.2. The first-order valence-corrected chi connectivity index (χ1v) is 10.3. The van der Waals surface area contributed by atoms with Gasteiger partial charge in [0.2, 0.25) is 0 Å². The number of carbonyl (C=O) groups excluding carboxylic acids is 1. The first-order chi connectivity index (χ1) is 15.3. The first kappa shape index (κ1) is 20.3. The molecule has 0 radical (unpaired) electrons. The van der Waals surface area contributed by atoms with Crippen LogP contribution in [0.2, 0.25) is 0 Å². The molecule has 1 fully saturated rings. The first-order valence-electron chi connectivity index (χ1n) is 10.3. The van der Waals surface area contributed by atoms with Crippen molar-refractivity contribution in [1.82, 2.24) is 19.3 Å². The van der Waals surface area contributed by atoms with Crippen molar-refractivity contribution in [2.24, 2.45) is 5.92 Å². The molecular formula is C23H20F3N5O. The van der Waals surface area contributed by atoms with E-state index in [0.29, 0.717) is 46.0 Å². The van der Waals surface area contributed by atoms with Gasteiger partial charge in [0.1, 0.15) is 11.3 Å². The van der Waals surface area contributed by atoms with Crippen molar-refractivity contribution >= 4 is 28.3 Å². The Balaban J connectivity index is 1.46. The molecule has 5 rings (SSSR count). The minimum atomic E-state index is -4.39. The SMILES string of the molecule is Nc1nc2ccc(C(=O)N(Cc3ccc(C(F)(F)F)cc3)CC3CC3)cc2n2cncc12. The maximum Gasteiger partial charge on any atom is 0.416 e. The monoisotopic (exact) mass is 439 g/mol. The van der Waals surface area contributed by atoms with Gasteiger partial charge >= 0.3 is 6.18 Å². The number of aromatic nitrogens is 3. The van der Waals surface area contributed by atoms with Crippen molar-refractivity contribution in [3.8, 4) is 0 Å². The number of alkyl halides is 3. The summed E-state index contributed by atoms with van der Waals surface area (Å²) in [6.45, 7) is 0.810. The summed E-state index contributed by atoms with van der Waals surface area (Å²) in [5.74, 6) is 0.603. The molecule has 2 aromatic heterocycles. The summed E-state index contributed by atoms with van der Waals surface area (Å²) >= 11 is 0. The maximum atomic E-state index is 13.4. The zero-order valence-electron chi connectivity index (χ0n) is 17.0. The summed E-state index contributed by atoms with van der Waals surface area (Å²) in [5.41, 5.74) is 8.41. The molecule has 1 aliphatic rings. The quantitative estimate of drug-likeness (QED) is 0.496. The topological polar surface area (TPSA) is 76.5 Å². The molecule has 2 heterocycles. The van der Waals surface area contributed by atoms with Gasteiger partial charge in [0.15, 0.2) is 0 Å². The van der Waals surface area contributed by atoms with Gasteiger partial charge in [0.25, 0.3) is 5.91 Å². The van der Waals surface area contributed by atoms with E-state index < -0.39 is 11.7 Å². The van der Waals surface area contributed by atoms with E-state index in [1.54, 1.807) is 40.0 Å². The van der Waals surface area contributed by atoms with Crippen molar-refractivity contribution in [3.63, 3.8) is 0 Å². The third-order valence-electron chi connectivity index (χ3n) is 5.74. The fraction of sp³-hybridized carbons (Fsp3) is 0.261. The van der Waals surface area contributed by atoms with E-state index in [1.165, 1.54) is 12.1 Å². The second-order valence-electron chi connectivity index (χ2n) is 8.17. The van der Waals surface area contributed by atoms with E-state index in [0.717, 1.165) is 25.0 Å². The zero-order chi connectivity index (χ0) is 22.5. The summed E-state index contributed by atoms with van der Waals surface area (Å²) in [7, 11) is 0. The van der Waals surface area contributed by atoms with E-state index in [4.69, 9.17) is 5.73 Å². The number of nitrogen functional groups attached to an aromatic ring is 1. The number of hydrogen-bond acceptors (Lipinski definition) is 4. The number of rotatable bonds is 5. The molecule has 164 valence electrons. The molecule has 0 atom stereocenters. The Bertz CT molecular complexity index is 1310. The Morgan fingerprint density at radius 1 is 1.12 bits per heavy atom. The number of halogens is 3. The van der Waals surface area contributed by atoms with Crippen LogP contribution in [-0.4, -0.2) is 31.7 Å². The molecule has 1 amide bonds. The van der Waals surface area contributed by atoms with E-state index in [1.807, 2.05) is 0 Å². The number of anilines is 1. The second kappa shape index (κ2) is 7.51. The van der Waals surface area contributed by atoms with E-state index in [2.05, 4.69) is 9.97 Å². The zero-order valence-corrected chi connectivity index (χ0v) is 17.0. The number of benzene rings is 2. The lowest BCUT2D eigenvalue weighted by Gasteiger charge is -2.23. The summed E-state index contributed by atoms with van der Waals surface area (Å²) in [6, 6.07) is 10.2. The average Bonchev–Trinajstić information content (AvgIpc) is 3.43. The van der Waals surface area contributed by atoms with Crippen LogP contribution in [0.25, 0.3) is 16.6 Å². The molecule has 1 saturated carbocycles. The van der Waals surface area contributed by atoms with E-state index in [9.17, 15) is 18.0 Å². The summed E-state index contributed by atoms with van der Waals surface area (Å²) < 4.78 is 40.4. The highest BCUT2D eigenvalue weighted by molar-refractivity contribution is 5.98. The van der Waals surface area contributed by atoms with Gasteiger partial charge in [0, 0.05) is 18.7 Å². The standard InChI is InChI=1S/C23H20F3N5O/c24-23(25,26)17-6-3-15(4-7-17)12-30(11-14-1-2-14)22(32)16-5-8-18-19(9-16)31-13-28-10-20(31)21(27)29-18/h3-10,13-14H,1-2,11-12H2,(H2,27,29). The molecule has 0 aliphatic heterocycles. The Labute approximate surface area is 181 Å². The smallest absolute Gasteiger partial charge is 0.382 e. The average molecular weight is 439 g/mol. The predicted octanol–water partition coefficient (Wildman–Crippen LogP) is 4.54. The Hall–Kier alpha value is -3.62. The summed E-state index contributed by atoms with van der Waals surface area (Å²) in [6.07, 6.45) is 0.943. The molecule has 6 nitrogen and oxygen atoms in total. The highest BCUT2D eigenvalue weighted by Gasteiger charge is 2.31. The van der Waals surface area contributed by atoms with E-state index in [-0.39, 0.29) is 12.5 Å². The number of imidazole rings is 1. The Kier molecular flexibility index (Phi) is 4.76. The van der Waals surface area contributed by atoms with Gasteiger partial charge < -0.3 is 10.6 Å². The van der Waals surface area contributed by atoms with Gasteiger partial charge in [-0.3, -0.25) is 9.20 Å². The van der Waals surface area contributed by atoms with Crippen LogP contribution in [0.4, 0.5) is 19.0 Å². The fourth-order valence-corrected chi connectivity index (χ4v) is 3.84. The summed E-state index contributed by atoms with van der Waals surface area (Å²) in [5, 5.41) is 0. The van der Waals surface area contributed by atoms with Crippen molar-refractivity contribution in [3.05, 3.63) is 71.7 Å². The highest BCUT2D eigenvalue weighted by atomic mass is 19.4. The van der Waals surface area contributed by atoms with Crippen molar-refractivity contribution in [2.45, 2.75) is 25.6 Å². The van der Waals surface area contributed by atoms with Gasteiger partial charge in [-0.1, -0.05) is 12.1 Å². The predicted molar refractivity (Wildman–Crippen MR) is 114 cm³/mol. The van der Waals surface area contributed by atoms with Gasteiger partial charge in [-0.2, -0.15) is 13.2 Å². The maximum absolute atomic E-state index is 13.4. The molecule has 2 N–H and O–H groups in total. The van der Waals surface area contributed by atoms with Gasteiger partial charge in [-0.25, -0.2) is 9.97 Å². The van der Waals surface area contributed by atoms with Crippen LogP contribution in [0, 0.1) is 5.92 Å². The molecule has 0 bridgehead atoms. The van der Waals surface area contributed by atoms with Crippen LogP contribution in [0.3, 0.4) is 0 Å². The lowest BCUT2D eigenvalue weighted by molar-refractivity contribution is -0.137. The molecule has 4 aromatic rings. The molecule has 0 saturated heterocycles. The van der Waals surface area contributed by atoms with Crippen LogP contribution in [0.5, 0.6) is 0 Å².